The Hall–Kier alpha value is -1.22. The smallest absolute Gasteiger partial charge is 0.133 e. The Morgan fingerprint density at radius 2 is 1.94 bits per heavy atom. The van der Waals surface area contributed by atoms with Crippen LogP contribution in [0.2, 0.25) is 0 Å². The van der Waals surface area contributed by atoms with Gasteiger partial charge in [0.05, 0.1) is 0 Å². The van der Waals surface area contributed by atoms with Crippen LogP contribution in [-0.4, -0.2) is 12.1 Å². The van der Waals surface area contributed by atoms with Crippen molar-refractivity contribution < 1.29 is 8.78 Å². The molecule has 1 aromatic carbocycles. The van der Waals surface area contributed by atoms with Gasteiger partial charge in [-0.05, 0) is 39.8 Å². The highest BCUT2D eigenvalue weighted by molar-refractivity contribution is 5.53. The Labute approximate surface area is 102 Å². The summed E-state index contributed by atoms with van der Waals surface area (Å²) in [6.07, 6.45) is 1.73. The van der Waals surface area contributed by atoms with Crippen LogP contribution < -0.4 is 5.32 Å². The molecule has 0 aromatic heterocycles. The van der Waals surface area contributed by atoms with E-state index < -0.39 is 11.6 Å². The summed E-state index contributed by atoms with van der Waals surface area (Å²) < 4.78 is 26.1. The first-order valence-electron chi connectivity index (χ1n) is 5.65. The second kappa shape index (κ2) is 5.41. The van der Waals surface area contributed by atoms with Crippen molar-refractivity contribution in [1.82, 2.24) is 5.32 Å². The number of halogens is 2. The first-order valence-corrected chi connectivity index (χ1v) is 5.65. The van der Waals surface area contributed by atoms with Crippen LogP contribution in [-0.2, 0) is 0 Å². The minimum atomic E-state index is -0.551. The van der Waals surface area contributed by atoms with Gasteiger partial charge in [0, 0.05) is 23.7 Å². The summed E-state index contributed by atoms with van der Waals surface area (Å²) in [4.78, 5) is 0. The zero-order valence-electron chi connectivity index (χ0n) is 10.8. The molecule has 0 saturated heterocycles. The molecule has 0 radical (unpaired) electrons. The topological polar surface area (TPSA) is 12.0 Å². The van der Waals surface area contributed by atoms with Crippen molar-refractivity contribution in [1.29, 1.82) is 0 Å². The molecule has 17 heavy (non-hydrogen) atoms. The van der Waals surface area contributed by atoms with Crippen LogP contribution in [0.15, 0.2) is 23.8 Å². The van der Waals surface area contributed by atoms with Crippen molar-refractivity contribution in [3.63, 3.8) is 0 Å². The molecule has 0 aliphatic heterocycles. The molecular formula is C14H19F2N. The summed E-state index contributed by atoms with van der Waals surface area (Å²) in [5.74, 6) is -1.08. The van der Waals surface area contributed by atoms with Gasteiger partial charge in [0.25, 0.3) is 0 Å². The summed E-state index contributed by atoms with van der Waals surface area (Å²) in [5, 5.41) is 3.31. The molecule has 1 rings (SSSR count). The number of hydrogen-bond donors (Lipinski definition) is 1. The highest BCUT2D eigenvalue weighted by Gasteiger charge is 2.08. The van der Waals surface area contributed by atoms with Crippen LogP contribution in [0.1, 0.15) is 33.3 Å². The average Bonchev–Trinajstić information content (AvgIpc) is 2.18. The SMILES string of the molecule is CC(=Cc1ccc(F)cc1F)CNC(C)(C)C. The van der Waals surface area contributed by atoms with Gasteiger partial charge in [-0.25, -0.2) is 8.78 Å². The highest BCUT2D eigenvalue weighted by Crippen LogP contribution is 2.13. The zero-order valence-corrected chi connectivity index (χ0v) is 10.8. The summed E-state index contributed by atoms with van der Waals surface area (Å²) in [5.41, 5.74) is 1.45. The van der Waals surface area contributed by atoms with Gasteiger partial charge in [0.2, 0.25) is 0 Å². The van der Waals surface area contributed by atoms with Crippen LogP contribution >= 0.6 is 0 Å². The molecule has 94 valence electrons. The molecule has 1 aromatic rings. The molecule has 0 saturated carbocycles. The van der Waals surface area contributed by atoms with Gasteiger partial charge in [0.15, 0.2) is 0 Å². The second-order valence-corrected chi connectivity index (χ2v) is 5.26. The molecular weight excluding hydrogens is 220 g/mol. The van der Waals surface area contributed by atoms with Gasteiger partial charge < -0.3 is 5.32 Å². The zero-order chi connectivity index (χ0) is 13.1. The van der Waals surface area contributed by atoms with Crippen molar-refractivity contribution in [2.24, 2.45) is 0 Å². The number of rotatable bonds is 3. The maximum absolute atomic E-state index is 13.4. The van der Waals surface area contributed by atoms with Gasteiger partial charge >= 0.3 is 0 Å². The molecule has 0 spiro atoms. The summed E-state index contributed by atoms with van der Waals surface area (Å²) in [6, 6.07) is 3.61. The van der Waals surface area contributed by atoms with Crippen LogP contribution in [0.4, 0.5) is 8.78 Å². The number of benzene rings is 1. The molecule has 0 bridgehead atoms. The fourth-order valence-electron chi connectivity index (χ4n) is 1.34. The van der Waals surface area contributed by atoms with E-state index in [2.05, 4.69) is 26.1 Å². The van der Waals surface area contributed by atoms with Gasteiger partial charge in [0.1, 0.15) is 11.6 Å². The third-order valence-corrected chi connectivity index (χ3v) is 2.26. The lowest BCUT2D eigenvalue weighted by molar-refractivity contribution is 0.445. The molecule has 3 heteroatoms. The first-order chi connectivity index (χ1) is 7.78. The van der Waals surface area contributed by atoms with E-state index in [1.165, 1.54) is 12.1 Å². The predicted octanol–water partition coefficient (Wildman–Crippen LogP) is 3.76. The van der Waals surface area contributed by atoms with Crippen LogP contribution in [0.25, 0.3) is 6.08 Å². The summed E-state index contributed by atoms with van der Waals surface area (Å²) in [6.45, 7) is 8.80. The van der Waals surface area contributed by atoms with E-state index in [1.54, 1.807) is 6.08 Å². The summed E-state index contributed by atoms with van der Waals surface area (Å²) >= 11 is 0. The molecule has 1 nitrogen and oxygen atoms in total. The van der Waals surface area contributed by atoms with Gasteiger partial charge in [-0.3, -0.25) is 0 Å². The van der Waals surface area contributed by atoms with Crippen molar-refractivity contribution in [3.05, 3.63) is 41.0 Å². The van der Waals surface area contributed by atoms with E-state index in [-0.39, 0.29) is 5.54 Å². The van der Waals surface area contributed by atoms with E-state index >= 15 is 0 Å². The Morgan fingerprint density at radius 1 is 1.29 bits per heavy atom. The average molecular weight is 239 g/mol. The van der Waals surface area contributed by atoms with Crippen molar-refractivity contribution in [2.75, 3.05) is 6.54 Å². The van der Waals surface area contributed by atoms with Gasteiger partial charge in [-0.1, -0.05) is 11.6 Å². The molecule has 0 amide bonds. The molecule has 0 unspecified atom stereocenters. The van der Waals surface area contributed by atoms with E-state index in [9.17, 15) is 8.78 Å². The van der Waals surface area contributed by atoms with Crippen LogP contribution in [0.5, 0.6) is 0 Å². The Bertz CT molecular complexity index is 417. The van der Waals surface area contributed by atoms with Crippen molar-refractivity contribution in [2.45, 2.75) is 33.2 Å². The predicted molar refractivity (Wildman–Crippen MR) is 67.8 cm³/mol. The normalized spacial score (nSPS) is 12.9. The van der Waals surface area contributed by atoms with Crippen LogP contribution in [0.3, 0.4) is 0 Å². The van der Waals surface area contributed by atoms with Crippen molar-refractivity contribution >= 4 is 6.08 Å². The maximum atomic E-state index is 13.4. The third kappa shape index (κ3) is 5.09. The molecule has 0 aliphatic rings. The molecule has 0 atom stereocenters. The second-order valence-electron chi connectivity index (χ2n) is 5.26. The lowest BCUT2D eigenvalue weighted by Crippen LogP contribution is -2.36. The van der Waals surface area contributed by atoms with E-state index in [0.29, 0.717) is 12.1 Å². The third-order valence-electron chi connectivity index (χ3n) is 2.26. The molecule has 0 fully saturated rings. The molecule has 0 aliphatic carbocycles. The minimum absolute atomic E-state index is 0.0242. The van der Waals surface area contributed by atoms with Crippen LogP contribution in [0, 0.1) is 11.6 Å². The number of hydrogen-bond acceptors (Lipinski definition) is 1. The largest absolute Gasteiger partial charge is 0.308 e. The minimum Gasteiger partial charge on any atom is -0.308 e. The monoisotopic (exact) mass is 239 g/mol. The maximum Gasteiger partial charge on any atom is 0.133 e. The molecule has 1 N–H and O–H groups in total. The Morgan fingerprint density at radius 3 is 2.47 bits per heavy atom. The standard InChI is InChI=1S/C14H19F2N/c1-10(9-17-14(2,3)4)7-11-5-6-12(15)8-13(11)16/h5-8,17H,9H2,1-4H3. The van der Waals surface area contributed by atoms with E-state index in [4.69, 9.17) is 0 Å². The van der Waals surface area contributed by atoms with E-state index in [0.717, 1.165) is 11.6 Å². The van der Waals surface area contributed by atoms with E-state index in [1.807, 2.05) is 6.92 Å². The molecule has 0 heterocycles. The quantitative estimate of drug-likeness (QED) is 0.847. The lowest BCUT2D eigenvalue weighted by Gasteiger charge is -2.20. The fraction of sp³-hybridized carbons (Fsp3) is 0.429. The fourth-order valence-corrected chi connectivity index (χ4v) is 1.34. The Kier molecular flexibility index (Phi) is 4.40. The van der Waals surface area contributed by atoms with Crippen molar-refractivity contribution in [3.8, 4) is 0 Å². The lowest BCUT2D eigenvalue weighted by atomic mass is 10.1. The van der Waals surface area contributed by atoms with Gasteiger partial charge in [-0.2, -0.15) is 0 Å². The highest BCUT2D eigenvalue weighted by atomic mass is 19.1. The van der Waals surface area contributed by atoms with Gasteiger partial charge in [-0.15, -0.1) is 0 Å². The number of nitrogens with one attached hydrogen (secondary N) is 1. The first kappa shape index (κ1) is 13.8. The summed E-state index contributed by atoms with van der Waals surface area (Å²) in [7, 11) is 0. The Balaban J connectivity index is 2.74.